The molecule has 1 aliphatic rings. The number of nitrogens with zero attached hydrogens (tertiary/aromatic N) is 1. The second kappa shape index (κ2) is 6.62. The van der Waals surface area contributed by atoms with Crippen molar-refractivity contribution in [1.29, 1.82) is 0 Å². The van der Waals surface area contributed by atoms with Crippen LogP contribution < -0.4 is 0 Å². The van der Waals surface area contributed by atoms with Crippen molar-refractivity contribution in [2.24, 2.45) is 5.92 Å². The lowest BCUT2D eigenvalue weighted by Gasteiger charge is -2.22. The van der Waals surface area contributed by atoms with E-state index >= 15 is 0 Å². The Morgan fingerprint density at radius 3 is 2.71 bits per heavy atom. The first-order valence-corrected chi connectivity index (χ1v) is 6.56. The summed E-state index contributed by atoms with van der Waals surface area (Å²) in [6.07, 6.45) is 4.20. The second-order valence-corrected chi connectivity index (χ2v) is 4.96. The molecule has 1 fully saturated rings. The van der Waals surface area contributed by atoms with Crippen LogP contribution in [0.5, 0.6) is 0 Å². The van der Waals surface area contributed by atoms with Crippen LogP contribution in [-0.2, 0) is 9.53 Å². The molecule has 1 atom stereocenters. The largest absolute Gasteiger partial charge is 0.447 e. The zero-order valence-electron chi connectivity index (χ0n) is 11.1. The summed E-state index contributed by atoms with van der Waals surface area (Å²) >= 11 is 0. The lowest BCUT2D eigenvalue weighted by atomic mass is 10.0. The SMILES string of the molecule is CCCCCCC(=O)N1C(=O)OC[C@H]1C(C)C. The molecule has 0 aromatic heterocycles. The van der Waals surface area contributed by atoms with E-state index < -0.39 is 6.09 Å². The number of cyclic esters (lactones) is 1. The molecule has 0 aromatic rings. The average Bonchev–Trinajstić information content (AvgIpc) is 2.66. The van der Waals surface area contributed by atoms with Crippen LogP contribution in [0.25, 0.3) is 0 Å². The van der Waals surface area contributed by atoms with E-state index in [1.165, 1.54) is 4.90 Å². The number of amides is 2. The first kappa shape index (κ1) is 14.0. The highest BCUT2D eigenvalue weighted by Crippen LogP contribution is 2.21. The predicted octanol–water partition coefficient (Wildman–Crippen LogP) is 2.96. The smallest absolute Gasteiger partial charge is 0.416 e. The van der Waals surface area contributed by atoms with E-state index in [1.807, 2.05) is 13.8 Å². The zero-order valence-corrected chi connectivity index (χ0v) is 11.1. The van der Waals surface area contributed by atoms with Crippen molar-refractivity contribution < 1.29 is 14.3 Å². The van der Waals surface area contributed by atoms with Crippen molar-refractivity contribution in [3.63, 3.8) is 0 Å². The summed E-state index contributed by atoms with van der Waals surface area (Å²) in [4.78, 5) is 24.8. The summed E-state index contributed by atoms with van der Waals surface area (Å²) < 4.78 is 4.95. The van der Waals surface area contributed by atoms with Crippen molar-refractivity contribution in [3.05, 3.63) is 0 Å². The quantitative estimate of drug-likeness (QED) is 0.672. The molecule has 0 aromatic carbocycles. The van der Waals surface area contributed by atoms with Crippen molar-refractivity contribution in [2.45, 2.75) is 58.9 Å². The van der Waals surface area contributed by atoms with Crippen LogP contribution in [-0.4, -0.2) is 29.5 Å². The van der Waals surface area contributed by atoms with E-state index in [0.717, 1.165) is 25.7 Å². The van der Waals surface area contributed by atoms with Crippen molar-refractivity contribution in [1.82, 2.24) is 4.90 Å². The van der Waals surface area contributed by atoms with Gasteiger partial charge in [0.15, 0.2) is 0 Å². The van der Waals surface area contributed by atoms with Gasteiger partial charge in [-0.05, 0) is 12.3 Å². The molecule has 0 N–H and O–H groups in total. The van der Waals surface area contributed by atoms with E-state index in [1.54, 1.807) is 0 Å². The van der Waals surface area contributed by atoms with Crippen molar-refractivity contribution in [2.75, 3.05) is 6.61 Å². The normalized spacial score (nSPS) is 19.9. The summed E-state index contributed by atoms with van der Waals surface area (Å²) in [5.41, 5.74) is 0. The second-order valence-electron chi connectivity index (χ2n) is 4.96. The summed E-state index contributed by atoms with van der Waals surface area (Å²) in [5, 5.41) is 0. The summed E-state index contributed by atoms with van der Waals surface area (Å²) in [7, 11) is 0. The van der Waals surface area contributed by atoms with E-state index in [9.17, 15) is 9.59 Å². The van der Waals surface area contributed by atoms with Crippen LogP contribution in [0.2, 0.25) is 0 Å². The van der Waals surface area contributed by atoms with E-state index in [4.69, 9.17) is 4.74 Å². The molecular formula is C13H23NO3. The lowest BCUT2D eigenvalue weighted by Crippen LogP contribution is -2.41. The Morgan fingerprint density at radius 2 is 2.12 bits per heavy atom. The van der Waals surface area contributed by atoms with Crippen LogP contribution in [0, 0.1) is 5.92 Å². The molecule has 4 nitrogen and oxygen atoms in total. The topological polar surface area (TPSA) is 46.6 Å². The van der Waals surface area contributed by atoms with Crippen LogP contribution in [0.3, 0.4) is 0 Å². The van der Waals surface area contributed by atoms with Gasteiger partial charge in [0.25, 0.3) is 0 Å². The maximum Gasteiger partial charge on any atom is 0.416 e. The van der Waals surface area contributed by atoms with Gasteiger partial charge in [0.1, 0.15) is 6.61 Å². The third-order valence-electron chi connectivity index (χ3n) is 3.19. The van der Waals surface area contributed by atoms with Gasteiger partial charge in [0.2, 0.25) is 5.91 Å². The van der Waals surface area contributed by atoms with Gasteiger partial charge in [0, 0.05) is 6.42 Å². The molecule has 0 radical (unpaired) electrons. The van der Waals surface area contributed by atoms with Gasteiger partial charge >= 0.3 is 6.09 Å². The van der Waals surface area contributed by atoms with Crippen LogP contribution in [0.1, 0.15) is 52.9 Å². The highest BCUT2D eigenvalue weighted by atomic mass is 16.6. The Bertz CT molecular complexity index is 276. The standard InChI is InChI=1S/C13H23NO3/c1-4-5-6-7-8-12(15)14-11(10(2)3)9-17-13(14)16/h10-11H,4-9H2,1-3H3/t11-/m0/s1. The van der Waals surface area contributed by atoms with Gasteiger partial charge < -0.3 is 4.74 Å². The van der Waals surface area contributed by atoms with Gasteiger partial charge in [-0.2, -0.15) is 0 Å². The molecule has 2 amide bonds. The molecule has 0 spiro atoms. The predicted molar refractivity (Wildman–Crippen MR) is 65.6 cm³/mol. The number of ether oxygens (including phenoxy) is 1. The minimum absolute atomic E-state index is 0.0812. The van der Waals surface area contributed by atoms with Crippen molar-refractivity contribution in [3.8, 4) is 0 Å². The van der Waals surface area contributed by atoms with E-state index in [0.29, 0.717) is 13.0 Å². The highest BCUT2D eigenvalue weighted by molar-refractivity contribution is 5.93. The van der Waals surface area contributed by atoms with Gasteiger partial charge in [-0.25, -0.2) is 9.69 Å². The lowest BCUT2D eigenvalue weighted by molar-refractivity contribution is -0.129. The monoisotopic (exact) mass is 241 g/mol. The molecule has 98 valence electrons. The van der Waals surface area contributed by atoms with Gasteiger partial charge in [-0.3, -0.25) is 4.79 Å². The maximum atomic E-state index is 12.0. The molecule has 1 aliphatic heterocycles. The minimum Gasteiger partial charge on any atom is -0.447 e. The number of rotatable bonds is 6. The third kappa shape index (κ3) is 3.72. The minimum atomic E-state index is -0.468. The number of carbonyl (C=O) groups is 2. The third-order valence-corrected chi connectivity index (χ3v) is 3.19. The molecule has 4 heteroatoms. The molecular weight excluding hydrogens is 218 g/mol. The summed E-state index contributed by atoms with van der Waals surface area (Å²) in [6.45, 7) is 6.49. The van der Waals surface area contributed by atoms with Crippen molar-refractivity contribution >= 4 is 12.0 Å². The number of imide groups is 1. The Morgan fingerprint density at radius 1 is 1.41 bits per heavy atom. The fourth-order valence-electron chi connectivity index (χ4n) is 2.04. The molecule has 0 bridgehead atoms. The number of hydrogen-bond donors (Lipinski definition) is 0. The molecule has 0 aliphatic carbocycles. The van der Waals surface area contributed by atoms with E-state index in [-0.39, 0.29) is 17.9 Å². The molecule has 1 heterocycles. The molecule has 1 rings (SSSR count). The molecule has 0 unspecified atom stereocenters. The summed E-state index contributed by atoms with van der Waals surface area (Å²) in [5.74, 6) is 0.170. The first-order valence-electron chi connectivity index (χ1n) is 6.56. The number of unbranched alkanes of at least 4 members (excludes halogenated alkanes) is 3. The van der Waals surface area contributed by atoms with Gasteiger partial charge in [-0.1, -0.05) is 40.0 Å². The molecule has 17 heavy (non-hydrogen) atoms. The number of hydrogen-bond acceptors (Lipinski definition) is 3. The Hall–Kier alpha value is -1.06. The molecule has 0 saturated carbocycles. The van der Waals surface area contributed by atoms with Crippen LogP contribution in [0.15, 0.2) is 0 Å². The maximum absolute atomic E-state index is 12.0. The van der Waals surface area contributed by atoms with Crippen LogP contribution >= 0.6 is 0 Å². The van der Waals surface area contributed by atoms with Gasteiger partial charge in [-0.15, -0.1) is 0 Å². The molecule has 1 saturated heterocycles. The average molecular weight is 241 g/mol. The van der Waals surface area contributed by atoms with Gasteiger partial charge in [0.05, 0.1) is 6.04 Å². The first-order chi connectivity index (χ1) is 8.07. The Kier molecular flexibility index (Phi) is 5.45. The fraction of sp³-hybridized carbons (Fsp3) is 0.846. The summed E-state index contributed by atoms with van der Waals surface area (Å²) in [6, 6.07) is -0.0822. The van der Waals surface area contributed by atoms with Crippen LogP contribution in [0.4, 0.5) is 4.79 Å². The Labute approximate surface area is 103 Å². The fourth-order valence-corrected chi connectivity index (χ4v) is 2.04. The number of carbonyl (C=O) groups excluding carboxylic acids is 2. The highest BCUT2D eigenvalue weighted by Gasteiger charge is 2.38. The Balaban J connectivity index is 2.45. The van der Waals surface area contributed by atoms with E-state index in [2.05, 4.69) is 6.92 Å². The zero-order chi connectivity index (χ0) is 12.8.